The van der Waals surface area contributed by atoms with E-state index < -0.39 is 5.97 Å². The zero-order valence-corrected chi connectivity index (χ0v) is 18.5. The third-order valence-electron chi connectivity index (χ3n) is 3.55. The first-order valence-electron chi connectivity index (χ1n) is 8.48. The van der Waals surface area contributed by atoms with Crippen molar-refractivity contribution >= 4 is 64.6 Å². The molecule has 0 radical (unpaired) electrons. The summed E-state index contributed by atoms with van der Waals surface area (Å²) < 4.78 is 1.53. The highest BCUT2D eigenvalue weighted by Crippen LogP contribution is 2.30. The second-order valence-corrected chi connectivity index (χ2v) is 9.62. The second-order valence-electron chi connectivity index (χ2n) is 5.76. The number of hydrogen-bond donors (Lipinski definition) is 2. The summed E-state index contributed by atoms with van der Waals surface area (Å²) in [6, 6.07) is 13.8. The van der Waals surface area contributed by atoms with Crippen LogP contribution < -0.4 is 5.43 Å². The highest BCUT2D eigenvalue weighted by atomic mass is 35.5. The number of hydrogen-bond acceptors (Lipinski definition) is 8. The van der Waals surface area contributed by atoms with Gasteiger partial charge in [-0.05, 0) is 35.4 Å². The highest BCUT2D eigenvalue weighted by molar-refractivity contribution is 8.03. The predicted molar refractivity (Wildman–Crippen MR) is 121 cm³/mol. The maximum absolute atomic E-state index is 11.9. The third-order valence-corrected chi connectivity index (χ3v) is 7.06. The van der Waals surface area contributed by atoms with E-state index >= 15 is 0 Å². The number of thioether (sulfide) groups is 2. The van der Waals surface area contributed by atoms with E-state index in [-0.39, 0.29) is 17.2 Å². The summed E-state index contributed by atoms with van der Waals surface area (Å²) in [5.41, 5.74) is 4.44. The van der Waals surface area contributed by atoms with E-state index in [1.54, 1.807) is 23.9 Å². The first-order chi connectivity index (χ1) is 14.5. The van der Waals surface area contributed by atoms with Crippen molar-refractivity contribution in [2.24, 2.45) is 5.10 Å². The summed E-state index contributed by atoms with van der Waals surface area (Å²) in [6.45, 7) is 0. The molecule has 0 spiro atoms. The van der Waals surface area contributed by atoms with Crippen molar-refractivity contribution in [3.8, 4) is 0 Å². The molecule has 0 atom stereocenters. The lowest BCUT2D eigenvalue weighted by Gasteiger charge is -1.98. The van der Waals surface area contributed by atoms with Crippen LogP contribution in [0.1, 0.15) is 21.5 Å². The molecule has 0 saturated heterocycles. The largest absolute Gasteiger partial charge is 0.478 e. The molecular formula is C19H15ClN4O3S3. The third kappa shape index (κ3) is 7.13. The molecule has 3 rings (SSSR count). The molecule has 154 valence electrons. The minimum Gasteiger partial charge on any atom is -0.478 e. The Bertz CT molecular complexity index is 1040. The molecule has 2 N–H and O–H groups in total. The Labute approximate surface area is 190 Å². The molecule has 7 nitrogen and oxygen atoms in total. The molecule has 0 saturated carbocycles. The lowest BCUT2D eigenvalue weighted by molar-refractivity contribution is -0.118. The van der Waals surface area contributed by atoms with E-state index in [4.69, 9.17) is 16.7 Å². The fraction of sp³-hybridized carbons (Fsp3) is 0.105. The number of aromatic nitrogens is 2. The van der Waals surface area contributed by atoms with Crippen LogP contribution in [0.5, 0.6) is 0 Å². The zero-order valence-electron chi connectivity index (χ0n) is 15.3. The Morgan fingerprint density at radius 3 is 2.40 bits per heavy atom. The maximum atomic E-state index is 11.9. The van der Waals surface area contributed by atoms with Crippen molar-refractivity contribution in [3.05, 3.63) is 70.2 Å². The molecule has 0 aliphatic heterocycles. The van der Waals surface area contributed by atoms with Crippen molar-refractivity contribution in [1.29, 1.82) is 0 Å². The van der Waals surface area contributed by atoms with Crippen molar-refractivity contribution in [2.75, 3.05) is 5.75 Å². The maximum Gasteiger partial charge on any atom is 0.335 e. The van der Waals surface area contributed by atoms with E-state index in [2.05, 4.69) is 20.7 Å². The van der Waals surface area contributed by atoms with Crippen molar-refractivity contribution in [3.63, 3.8) is 0 Å². The van der Waals surface area contributed by atoms with Crippen LogP contribution >= 0.6 is 46.5 Å². The molecule has 3 aromatic rings. The number of nitrogens with zero attached hydrogens (tertiary/aromatic N) is 3. The SMILES string of the molecule is O=C(CSc1nnc(SCc2ccc(Cl)cc2)s1)NN=Cc1ccc(C(=O)O)cc1. The van der Waals surface area contributed by atoms with Crippen molar-refractivity contribution in [2.45, 2.75) is 14.4 Å². The Hall–Kier alpha value is -2.40. The molecule has 0 aliphatic carbocycles. The summed E-state index contributed by atoms with van der Waals surface area (Å²) in [4.78, 5) is 22.7. The first kappa shape index (κ1) is 22.3. The quantitative estimate of drug-likeness (QED) is 0.266. The van der Waals surface area contributed by atoms with Crippen LogP contribution in [0.2, 0.25) is 5.02 Å². The van der Waals surface area contributed by atoms with E-state index in [0.717, 1.165) is 15.7 Å². The molecule has 30 heavy (non-hydrogen) atoms. The number of carbonyl (C=O) groups is 2. The summed E-state index contributed by atoms with van der Waals surface area (Å²) in [5.74, 6) is -0.346. The van der Waals surface area contributed by atoms with Gasteiger partial charge in [-0.25, -0.2) is 10.2 Å². The summed E-state index contributed by atoms with van der Waals surface area (Å²) in [6.07, 6.45) is 1.45. The van der Waals surface area contributed by atoms with Crippen LogP contribution in [0.4, 0.5) is 0 Å². The van der Waals surface area contributed by atoms with Crippen LogP contribution in [-0.2, 0) is 10.5 Å². The molecule has 0 bridgehead atoms. The van der Waals surface area contributed by atoms with Gasteiger partial charge in [0.2, 0.25) is 0 Å². The van der Waals surface area contributed by atoms with Gasteiger partial charge in [-0.1, -0.05) is 70.7 Å². The van der Waals surface area contributed by atoms with Crippen molar-refractivity contribution < 1.29 is 14.7 Å². The first-order valence-corrected chi connectivity index (χ1v) is 11.6. The Balaban J connectivity index is 1.40. The number of amides is 1. The van der Waals surface area contributed by atoms with Crippen LogP contribution in [0, 0.1) is 0 Å². The van der Waals surface area contributed by atoms with E-state index in [1.165, 1.54) is 41.4 Å². The van der Waals surface area contributed by atoms with Gasteiger partial charge >= 0.3 is 5.97 Å². The van der Waals surface area contributed by atoms with Crippen LogP contribution in [0.3, 0.4) is 0 Å². The standard InChI is InChI=1S/C19H15ClN4O3S3/c20-15-7-3-13(4-8-15)10-28-18-23-24-19(30-18)29-11-16(25)22-21-9-12-1-5-14(6-2-12)17(26)27/h1-9H,10-11H2,(H,22,25)(H,26,27). The minimum absolute atomic E-state index is 0.159. The van der Waals surface area contributed by atoms with Crippen LogP contribution in [0.25, 0.3) is 0 Å². The van der Waals surface area contributed by atoms with Gasteiger partial charge in [-0.3, -0.25) is 4.79 Å². The molecule has 0 unspecified atom stereocenters. The molecule has 11 heteroatoms. The van der Waals surface area contributed by atoms with E-state index in [9.17, 15) is 9.59 Å². The molecule has 0 fully saturated rings. The summed E-state index contributed by atoms with van der Waals surface area (Å²) in [7, 11) is 0. The zero-order chi connectivity index (χ0) is 21.3. The summed E-state index contributed by atoms with van der Waals surface area (Å²) in [5, 5.41) is 21.7. The lowest BCUT2D eigenvalue weighted by atomic mass is 10.1. The van der Waals surface area contributed by atoms with Gasteiger partial charge in [0.05, 0.1) is 17.5 Å². The number of nitrogens with one attached hydrogen (secondary N) is 1. The average Bonchev–Trinajstić information content (AvgIpc) is 3.20. The van der Waals surface area contributed by atoms with Gasteiger partial charge in [-0.15, -0.1) is 10.2 Å². The second kappa shape index (κ2) is 11.1. The Morgan fingerprint density at radius 1 is 1.07 bits per heavy atom. The Morgan fingerprint density at radius 2 is 1.73 bits per heavy atom. The average molecular weight is 479 g/mol. The molecule has 2 aromatic carbocycles. The van der Waals surface area contributed by atoms with Gasteiger partial charge in [0.25, 0.3) is 5.91 Å². The monoisotopic (exact) mass is 478 g/mol. The summed E-state index contributed by atoms with van der Waals surface area (Å²) >= 11 is 10.2. The number of hydrazone groups is 1. The smallest absolute Gasteiger partial charge is 0.335 e. The molecule has 1 heterocycles. The van der Waals surface area contributed by atoms with Gasteiger partial charge in [-0.2, -0.15) is 5.10 Å². The van der Waals surface area contributed by atoms with E-state index in [1.807, 2.05) is 24.3 Å². The van der Waals surface area contributed by atoms with Crippen LogP contribution in [0.15, 0.2) is 62.3 Å². The van der Waals surface area contributed by atoms with Gasteiger partial charge in [0.15, 0.2) is 8.68 Å². The normalized spacial score (nSPS) is 11.0. The fourth-order valence-electron chi connectivity index (χ4n) is 2.09. The van der Waals surface area contributed by atoms with Gasteiger partial charge in [0.1, 0.15) is 0 Å². The fourth-order valence-corrected chi connectivity index (χ4v) is 4.98. The lowest BCUT2D eigenvalue weighted by Crippen LogP contribution is -2.19. The number of aromatic carboxylic acids is 1. The molecule has 1 aromatic heterocycles. The molecule has 0 aliphatic rings. The number of carboxylic acid groups (broad SMARTS) is 1. The minimum atomic E-state index is -0.993. The highest BCUT2D eigenvalue weighted by Gasteiger charge is 2.09. The number of rotatable bonds is 9. The molecule has 1 amide bonds. The number of carbonyl (C=O) groups excluding carboxylic acids is 1. The Kier molecular flexibility index (Phi) is 8.26. The number of benzene rings is 2. The predicted octanol–water partition coefficient (Wildman–Crippen LogP) is 4.42. The number of carboxylic acids is 1. The topological polar surface area (TPSA) is 105 Å². The van der Waals surface area contributed by atoms with Crippen LogP contribution in [-0.4, -0.2) is 39.1 Å². The van der Waals surface area contributed by atoms with Gasteiger partial charge < -0.3 is 5.11 Å². The van der Waals surface area contributed by atoms with E-state index in [0.29, 0.717) is 14.9 Å². The number of halogens is 1. The molecular weight excluding hydrogens is 464 g/mol. The van der Waals surface area contributed by atoms with Crippen molar-refractivity contribution in [1.82, 2.24) is 15.6 Å². The van der Waals surface area contributed by atoms with Gasteiger partial charge in [0, 0.05) is 10.8 Å².